The van der Waals surface area contributed by atoms with E-state index in [1.807, 2.05) is 13.0 Å². The van der Waals surface area contributed by atoms with Crippen molar-refractivity contribution in [3.63, 3.8) is 0 Å². The van der Waals surface area contributed by atoms with Crippen LogP contribution in [0.25, 0.3) is 0 Å². The van der Waals surface area contributed by atoms with Crippen molar-refractivity contribution in [3.8, 4) is 6.07 Å². The molecule has 1 aromatic rings. The van der Waals surface area contributed by atoms with Gasteiger partial charge in [0.2, 0.25) is 0 Å². The number of ketones is 1. The molecular weight excluding hydrogens is 250 g/mol. The van der Waals surface area contributed by atoms with Gasteiger partial charge in [0.05, 0.1) is 17.7 Å². The third kappa shape index (κ3) is 5.99. The number of carbonyl (C=O) groups is 1. The van der Waals surface area contributed by atoms with Crippen LogP contribution >= 0.6 is 0 Å². The molecule has 0 aliphatic rings. The first-order chi connectivity index (χ1) is 9.67. The van der Waals surface area contributed by atoms with Crippen LogP contribution in [0.1, 0.15) is 61.9 Å². The molecule has 1 unspecified atom stereocenters. The molecule has 0 spiro atoms. The average Bonchev–Trinajstić information content (AvgIpc) is 2.49. The molecule has 20 heavy (non-hydrogen) atoms. The highest BCUT2D eigenvalue weighted by molar-refractivity contribution is 5.97. The summed E-state index contributed by atoms with van der Waals surface area (Å²) in [5.41, 5.74) is 1.16. The Balaban J connectivity index is 2.29. The molecule has 0 radical (unpaired) electrons. The minimum absolute atomic E-state index is 0.0325. The number of nitriles is 1. The number of unbranched alkanes of at least 4 members (excludes halogenated alkanes) is 3. The van der Waals surface area contributed by atoms with Gasteiger partial charge in [-0.25, -0.2) is 0 Å². The highest BCUT2D eigenvalue weighted by Crippen LogP contribution is 2.09. The summed E-state index contributed by atoms with van der Waals surface area (Å²) < 4.78 is 5.58. The van der Waals surface area contributed by atoms with Crippen LogP contribution in [-0.2, 0) is 4.74 Å². The topological polar surface area (TPSA) is 50.1 Å². The Labute approximate surface area is 121 Å². The second-order valence-corrected chi connectivity index (χ2v) is 5.08. The molecule has 3 heteroatoms. The summed E-state index contributed by atoms with van der Waals surface area (Å²) in [6.45, 7) is 4.31. The van der Waals surface area contributed by atoms with Gasteiger partial charge in [-0.05, 0) is 25.5 Å². The van der Waals surface area contributed by atoms with Crippen LogP contribution < -0.4 is 0 Å². The first kappa shape index (κ1) is 16.4. The van der Waals surface area contributed by atoms with Crippen LogP contribution in [0.15, 0.2) is 24.3 Å². The van der Waals surface area contributed by atoms with Gasteiger partial charge in [0.15, 0.2) is 5.78 Å². The van der Waals surface area contributed by atoms with E-state index in [9.17, 15) is 4.79 Å². The van der Waals surface area contributed by atoms with E-state index in [0.29, 0.717) is 11.1 Å². The number of rotatable bonds is 9. The predicted molar refractivity (Wildman–Crippen MR) is 79.7 cm³/mol. The highest BCUT2D eigenvalue weighted by atomic mass is 16.5. The molecule has 0 amide bonds. The summed E-state index contributed by atoms with van der Waals surface area (Å²) in [4.78, 5) is 11.9. The van der Waals surface area contributed by atoms with Gasteiger partial charge in [-0.1, -0.05) is 44.7 Å². The summed E-state index contributed by atoms with van der Waals surface area (Å²) in [5, 5.41) is 8.70. The molecule has 0 aliphatic carbocycles. The monoisotopic (exact) mass is 273 g/mol. The van der Waals surface area contributed by atoms with Crippen molar-refractivity contribution < 1.29 is 9.53 Å². The third-order valence-electron chi connectivity index (χ3n) is 3.30. The van der Waals surface area contributed by atoms with E-state index in [2.05, 4.69) is 6.92 Å². The van der Waals surface area contributed by atoms with Gasteiger partial charge in [-0.2, -0.15) is 5.26 Å². The van der Waals surface area contributed by atoms with Gasteiger partial charge >= 0.3 is 0 Å². The zero-order valence-corrected chi connectivity index (χ0v) is 12.4. The fraction of sp³-hybridized carbons (Fsp3) is 0.529. The minimum Gasteiger partial charge on any atom is -0.370 e. The Bertz CT molecular complexity index is 445. The van der Waals surface area contributed by atoms with Crippen molar-refractivity contribution in [2.45, 2.75) is 52.1 Å². The lowest BCUT2D eigenvalue weighted by Crippen LogP contribution is -2.16. The van der Waals surface area contributed by atoms with Gasteiger partial charge < -0.3 is 4.74 Å². The molecule has 0 aromatic heterocycles. The Kier molecular flexibility index (Phi) is 7.60. The number of nitrogens with zero attached hydrogens (tertiary/aromatic N) is 1. The zero-order valence-electron chi connectivity index (χ0n) is 12.4. The summed E-state index contributed by atoms with van der Waals surface area (Å²) in [7, 11) is 0. The molecule has 0 heterocycles. The second kappa shape index (κ2) is 9.28. The molecule has 1 aromatic carbocycles. The maximum atomic E-state index is 11.9. The van der Waals surface area contributed by atoms with Crippen LogP contribution in [0, 0.1) is 11.3 Å². The maximum absolute atomic E-state index is 11.9. The predicted octanol–water partition coefficient (Wildman–Crippen LogP) is 4.12. The third-order valence-corrected chi connectivity index (χ3v) is 3.30. The Morgan fingerprint density at radius 1 is 1.25 bits per heavy atom. The number of hydrogen-bond acceptors (Lipinski definition) is 3. The van der Waals surface area contributed by atoms with E-state index in [0.717, 1.165) is 12.8 Å². The lowest BCUT2D eigenvalue weighted by Gasteiger charge is -2.12. The van der Waals surface area contributed by atoms with E-state index in [1.165, 1.54) is 19.3 Å². The largest absolute Gasteiger partial charge is 0.370 e. The number of ether oxygens (including phenoxy) is 1. The lowest BCUT2D eigenvalue weighted by atomic mass is 10.1. The van der Waals surface area contributed by atoms with Gasteiger partial charge in [-0.3, -0.25) is 4.79 Å². The number of carbonyl (C=O) groups excluding carboxylic acids is 1. The van der Waals surface area contributed by atoms with Gasteiger partial charge in [-0.15, -0.1) is 0 Å². The van der Waals surface area contributed by atoms with Crippen LogP contribution in [0.4, 0.5) is 0 Å². The van der Waals surface area contributed by atoms with Crippen LogP contribution in [0.3, 0.4) is 0 Å². The van der Waals surface area contributed by atoms with Crippen LogP contribution in [0.2, 0.25) is 0 Å². The van der Waals surface area contributed by atoms with Crippen molar-refractivity contribution >= 4 is 5.78 Å². The molecule has 0 fully saturated rings. The second-order valence-electron chi connectivity index (χ2n) is 5.08. The van der Waals surface area contributed by atoms with Gasteiger partial charge in [0.1, 0.15) is 6.61 Å². The van der Waals surface area contributed by atoms with E-state index in [1.54, 1.807) is 24.3 Å². The highest BCUT2D eigenvalue weighted by Gasteiger charge is 2.09. The standard InChI is InChI=1S/C17H23NO2/c1-3-4-5-6-7-14(2)20-13-17(19)16-10-8-15(12-18)9-11-16/h8-11,14H,3-7,13H2,1-2H3. The van der Waals surface area contributed by atoms with Crippen molar-refractivity contribution in [1.82, 2.24) is 0 Å². The van der Waals surface area contributed by atoms with Gasteiger partial charge in [0.25, 0.3) is 0 Å². The van der Waals surface area contributed by atoms with E-state index in [-0.39, 0.29) is 18.5 Å². The molecule has 0 saturated carbocycles. The minimum atomic E-state index is -0.0325. The van der Waals surface area contributed by atoms with Crippen molar-refractivity contribution in [2.24, 2.45) is 0 Å². The molecule has 0 aliphatic heterocycles. The SMILES string of the molecule is CCCCCCC(C)OCC(=O)c1ccc(C#N)cc1. The Hall–Kier alpha value is -1.66. The van der Waals surface area contributed by atoms with Crippen LogP contribution in [0.5, 0.6) is 0 Å². The van der Waals surface area contributed by atoms with E-state index < -0.39 is 0 Å². The van der Waals surface area contributed by atoms with Crippen LogP contribution in [-0.4, -0.2) is 18.5 Å². The number of Topliss-reactive ketones (excluding diaryl/α,β-unsaturated/α-hetero) is 1. The van der Waals surface area contributed by atoms with E-state index >= 15 is 0 Å². The summed E-state index contributed by atoms with van der Waals surface area (Å²) in [6.07, 6.45) is 5.99. The number of hydrogen-bond donors (Lipinski definition) is 0. The lowest BCUT2D eigenvalue weighted by molar-refractivity contribution is 0.0483. The summed E-state index contributed by atoms with van der Waals surface area (Å²) in [5.74, 6) is -0.0325. The zero-order chi connectivity index (χ0) is 14.8. The molecular formula is C17H23NO2. The molecule has 0 N–H and O–H groups in total. The van der Waals surface area contributed by atoms with Gasteiger partial charge in [0, 0.05) is 5.56 Å². The van der Waals surface area contributed by atoms with Crippen molar-refractivity contribution in [3.05, 3.63) is 35.4 Å². The normalized spacial score (nSPS) is 11.8. The molecule has 0 bridgehead atoms. The fourth-order valence-electron chi connectivity index (χ4n) is 1.97. The van der Waals surface area contributed by atoms with Crippen molar-refractivity contribution in [1.29, 1.82) is 5.26 Å². The molecule has 0 saturated heterocycles. The molecule has 108 valence electrons. The fourth-order valence-corrected chi connectivity index (χ4v) is 1.97. The quantitative estimate of drug-likeness (QED) is 0.502. The Morgan fingerprint density at radius 3 is 2.55 bits per heavy atom. The van der Waals surface area contributed by atoms with Crippen molar-refractivity contribution in [2.75, 3.05) is 6.61 Å². The average molecular weight is 273 g/mol. The maximum Gasteiger partial charge on any atom is 0.188 e. The van der Waals surface area contributed by atoms with E-state index in [4.69, 9.17) is 10.00 Å². The molecule has 1 atom stereocenters. The Morgan fingerprint density at radius 2 is 1.95 bits per heavy atom. The summed E-state index contributed by atoms with van der Waals surface area (Å²) >= 11 is 0. The first-order valence-corrected chi connectivity index (χ1v) is 7.32. The number of benzene rings is 1. The first-order valence-electron chi connectivity index (χ1n) is 7.32. The molecule has 1 rings (SSSR count). The summed E-state index contributed by atoms with van der Waals surface area (Å²) in [6, 6.07) is 8.70. The smallest absolute Gasteiger partial charge is 0.188 e. The molecule has 3 nitrogen and oxygen atoms in total.